The lowest BCUT2D eigenvalue weighted by Crippen LogP contribution is -2.38. The molecule has 1 saturated heterocycles. The van der Waals surface area contributed by atoms with E-state index >= 15 is 0 Å². The second-order valence-corrected chi connectivity index (χ2v) is 9.32. The summed E-state index contributed by atoms with van der Waals surface area (Å²) in [4.78, 5) is 23.6. The fourth-order valence-corrected chi connectivity index (χ4v) is 4.48. The van der Waals surface area contributed by atoms with Crippen molar-refractivity contribution in [3.8, 4) is 18.0 Å². The van der Waals surface area contributed by atoms with Crippen LogP contribution in [0.2, 0.25) is 0 Å². The van der Waals surface area contributed by atoms with Crippen LogP contribution in [0.15, 0.2) is 60.9 Å². The lowest BCUT2D eigenvalue weighted by molar-refractivity contribution is 0.0936. The van der Waals surface area contributed by atoms with Crippen LogP contribution < -0.4 is 10.1 Å². The zero-order valence-electron chi connectivity index (χ0n) is 19.8. The Morgan fingerprint density at radius 2 is 1.81 bits per heavy atom. The summed E-state index contributed by atoms with van der Waals surface area (Å²) in [5.74, 6) is 1.09. The molecule has 1 aromatic carbocycles. The number of nitrogens with one attached hydrogen (secondary N) is 1. The summed E-state index contributed by atoms with van der Waals surface area (Å²) in [6, 6.07) is 18.8. The highest BCUT2D eigenvalue weighted by molar-refractivity contribution is 5.94. The predicted octanol–water partition coefficient (Wildman–Crippen LogP) is 3.60. The molecule has 1 unspecified atom stereocenters. The maximum atomic E-state index is 12.7. The van der Waals surface area contributed by atoms with E-state index in [0.29, 0.717) is 36.1 Å². The van der Waals surface area contributed by atoms with Gasteiger partial charge in [-0.2, -0.15) is 10.5 Å². The van der Waals surface area contributed by atoms with Crippen LogP contribution in [0, 0.1) is 28.6 Å². The Morgan fingerprint density at radius 3 is 2.44 bits per heavy atom. The van der Waals surface area contributed by atoms with Gasteiger partial charge in [0.2, 0.25) is 5.88 Å². The number of carbonyl (C=O) groups is 1. The molecule has 0 spiro atoms. The molecule has 36 heavy (non-hydrogen) atoms. The summed E-state index contributed by atoms with van der Waals surface area (Å²) < 4.78 is 5.81. The predicted molar refractivity (Wildman–Crippen MR) is 132 cm³/mol. The van der Waals surface area contributed by atoms with Crippen LogP contribution in [0.4, 0.5) is 0 Å². The number of ether oxygens (including phenoxy) is 1. The zero-order chi connectivity index (χ0) is 24.9. The third-order valence-electron chi connectivity index (χ3n) is 6.65. The van der Waals surface area contributed by atoms with Gasteiger partial charge in [-0.25, -0.2) is 9.97 Å². The molecule has 1 aliphatic carbocycles. The largest absolute Gasteiger partial charge is 0.477 e. The summed E-state index contributed by atoms with van der Waals surface area (Å²) in [6.07, 6.45) is 6.55. The summed E-state index contributed by atoms with van der Waals surface area (Å²) >= 11 is 0. The van der Waals surface area contributed by atoms with Crippen molar-refractivity contribution in [1.29, 1.82) is 10.5 Å². The fraction of sp³-hybridized carbons (Fsp3) is 0.321. The van der Waals surface area contributed by atoms with Crippen molar-refractivity contribution in [2.45, 2.75) is 31.3 Å². The second-order valence-electron chi connectivity index (χ2n) is 9.32. The summed E-state index contributed by atoms with van der Waals surface area (Å²) in [5.41, 5.74) is 3.41. The molecule has 1 aliphatic heterocycles. The Kier molecular flexibility index (Phi) is 6.88. The number of aromatic nitrogens is 2. The monoisotopic (exact) mass is 478 g/mol. The minimum atomic E-state index is -0.201. The zero-order valence-corrected chi connectivity index (χ0v) is 19.8. The van der Waals surface area contributed by atoms with E-state index in [1.54, 1.807) is 12.1 Å². The Balaban J connectivity index is 1.31. The molecular weight excluding hydrogens is 452 g/mol. The third-order valence-corrected chi connectivity index (χ3v) is 6.65. The van der Waals surface area contributed by atoms with Gasteiger partial charge >= 0.3 is 0 Å². The Labute approximate surface area is 210 Å². The van der Waals surface area contributed by atoms with Crippen molar-refractivity contribution >= 4 is 5.91 Å². The Hall–Kier alpha value is -4.27. The number of benzene rings is 1. The fourth-order valence-electron chi connectivity index (χ4n) is 4.48. The molecule has 2 aromatic heterocycles. The number of nitrogens with zero attached hydrogens (tertiary/aromatic N) is 5. The van der Waals surface area contributed by atoms with Crippen LogP contribution in [-0.4, -0.2) is 46.5 Å². The van der Waals surface area contributed by atoms with E-state index in [1.165, 1.54) is 19.0 Å². The topological polar surface area (TPSA) is 115 Å². The molecule has 0 bridgehead atoms. The van der Waals surface area contributed by atoms with Crippen LogP contribution >= 0.6 is 0 Å². The SMILES string of the molecule is N#Cc1ccc(C(c2ccc(OCC3CC3)nc2)N2CC[C@@H](NC(=O)c3ccc(C#N)nc3)C2)cc1. The van der Waals surface area contributed by atoms with Crippen molar-refractivity contribution < 1.29 is 9.53 Å². The maximum absolute atomic E-state index is 12.7. The summed E-state index contributed by atoms with van der Waals surface area (Å²) in [6.45, 7) is 2.18. The molecule has 0 radical (unpaired) electrons. The lowest BCUT2D eigenvalue weighted by atomic mass is 9.97. The van der Waals surface area contributed by atoms with Crippen LogP contribution in [0.1, 0.15) is 58.0 Å². The maximum Gasteiger partial charge on any atom is 0.253 e. The minimum absolute atomic E-state index is 0.0249. The van der Waals surface area contributed by atoms with Crippen molar-refractivity contribution in [3.63, 3.8) is 0 Å². The molecule has 1 saturated carbocycles. The molecule has 2 atom stereocenters. The third kappa shape index (κ3) is 5.51. The van der Waals surface area contributed by atoms with Gasteiger partial charge in [0, 0.05) is 37.6 Å². The van der Waals surface area contributed by atoms with Gasteiger partial charge in [0.25, 0.3) is 5.91 Å². The highest BCUT2D eigenvalue weighted by Crippen LogP contribution is 2.33. The average Bonchev–Trinajstić information content (AvgIpc) is 3.66. The molecule has 8 heteroatoms. The van der Waals surface area contributed by atoms with Gasteiger partial charge in [-0.3, -0.25) is 9.69 Å². The first-order valence-electron chi connectivity index (χ1n) is 12.1. The molecule has 3 aromatic rings. The van der Waals surface area contributed by atoms with Crippen molar-refractivity contribution in [2.75, 3.05) is 19.7 Å². The second kappa shape index (κ2) is 10.6. The molecule has 1 N–H and O–H groups in total. The van der Waals surface area contributed by atoms with Gasteiger partial charge in [-0.1, -0.05) is 18.2 Å². The highest BCUT2D eigenvalue weighted by Gasteiger charge is 2.31. The number of hydrogen-bond acceptors (Lipinski definition) is 7. The first-order chi connectivity index (χ1) is 17.6. The number of amides is 1. The highest BCUT2D eigenvalue weighted by atomic mass is 16.5. The number of likely N-dealkylation sites (tertiary alicyclic amines) is 1. The summed E-state index contributed by atoms with van der Waals surface area (Å²) in [7, 11) is 0. The molecule has 2 fully saturated rings. The van der Waals surface area contributed by atoms with E-state index in [4.69, 9.17) is 10.00 Å². The average molecular weight is 479 g/mol. The van der Waals surface area contributed by atoms with E-state index < -0.39 is 0 Å². The Morgan fingerprint density at radius 1 is 1.00 bits per heavy atom. The Bertz CT molecular complexity index is 1290. The number of hydrogen-bond donors (Lipinski definition) is 1. The van der Waals surface area contributed by atoms with Crippen molar-refractivity contribution in [1.82, 2.24) is 20.2 Å². The van der Waals surface area contributed by atoms with Gasteiger partial charge in [0.05, 0.1) is 29.8 Å². The first kappa shape index (κ1) is 23.5. The van der Waals surface area contributed by atoms with Crippen LogP contribution in [0.25, 0.3) is 0 Å². The first-order valence-corrected chi connectivity index (χ1v) is 12.1. The minimum Gasteiger partial charge on any atom is -0.477 e. The van der Waals surface area contributed by atoms with Gasteiger partial charge in [-0.15, -0.1) is 0 Å². The normalized spacial score (nSPS) is 18.1. The molecular formula is C28H26N6O2. The summed E-state index contributed by atoms with van der Waals surface area (Å²) in [5, 5.41) is 21.2. The number of nitriles is 2. The number of pyridine rings is 2. The quantitative estimate of drug-likeness (QED) is 0.526. The van der Waals surface area contributed by atoms with Gasteiger partial charge < -0.3 is 10.1 Å². The van der Waals surface area contributed by atoms with Gasteiger partial charge in [-0.05, 0) is 60.6 Å². The van der Waals surface area contributed by atoms with Gasteiger partial charge in [0.1, 0.15) is 11.8 Å². The van der Waals surface area contributed by atoms with Crippen molar-refractivity contribution in [3.05, 3.63) is 88.9 Å². The molecule has 1 amide bonds. The standard InChI is InChI=1S/C28H26N6O2/c29-13-19-3-5-21(6-4-19)27(22-8-10-26(32-15-22)36-18-20-1-2-20)34-12-11-25(17-34)33-28(35)23-7-9-24(14-30)31-16-23/h3-10,15-16,20,25,27H,1-2,11-12,17-18H2,(H,33,35)/t25-,27?/m1/s1. The van der Waals surface area contributed by atoms with E-state index in [0.717, 1.165) is 24.1 Å². The van der Waals surface area contributed by atoms with Crippen LogP contribution in [0.3, 0.4) is 0 Å². The van der Waals surface area contributed by atoms with E-state index in [1.807, 2.05) is 48.7 Å². The number of carbonyl (C=O) groups excluding carboxylic acids is 1. The van der Waals surface area contributed by atoms with Crippen LogP contribution in [0.5, 0.6) is 5.88 Å². The lowest BCUT2D eigenvalue weighted by Gasteiger charge is -2.29. The van der Waals surface area contributed by atoms with Crippen molar-refractivity contribution in [2.24, 2.45) is 5.92 Å². The molecule has 8 nitrogen and oxygen atoms in total. The smallest absolute Gasteiger partial charge is 0.253 e. The molecule has 5 rings (SSSR count). The van der Waals surface area contributed by atoms with E-state index in [2.05, 4.69) is 26.3 Å². The molecule has 2 aliphatic rings. The number of rotatable bonds is 8. The van der Waals surface area contributed by atoms with E-state index in [-0.39, 0.29) is 23.7 Å². The molecule has 3 heterocycles. The van der Waals surface area contributed by atoms with Gasteiger partial charge in [0.15, 0.2) is 0 Å². The van der Waals surface area contributed by atoms with E-state index in [9.17, 15) is 10.1 Å². The van der Waals surface area contributed by atoms with Crippen LogP contribution in [-0.2, 0) is 0 Å². The molecule has 180 valence electrons.